The molecule has 0 saturated heterocycles. The van der Waals surface area contributed by atoms with Crippen LogP contribution >= 0.6 is 0 Å². The van der Waals surface area contributed by atoms with Crippen LogP contribution in [-0.2, 0) is 4.79 Å². The Morgan fingerprint density at radius 1 is 1.00 bits per heavy atom. The Balaban J connectivity index is 1.13. The zero-order chi connectivity index (χ0) is 26.1. The molecular formula is C32H48N2O3. The molecule has 4 fully saturated rings. The van der Waals surface area contributed by atoms with Crippen molar-refractivity contribution in [1.82, 2.24) is 0 Å². The highest BCUT2D eigenvalue weighted by Crippen LogP contribution is 2.68. The molecule has 1 aromatic carbocycles. The standard InChI is InChI=1S/C32H48N2O3/c1-20(9-12-29(37)34-19-33(4)26-7-5-6-8-27(26)34)23-10-11-24-30-25(14-16-32(23,24)3)31(2)15-13-22(35)17-21(31)18-28(30)36/h5-8,20-25,28,30,35-36H,9-19H2,1-4H3/t20-,21+,22-,23-,24+,25+,28+,30+,31+,32-/m1/s1. The van der Waals surface area contributed by atoms with Crippen LogP contribution in [0.2, 0.25) is 0 Å². The van der Waals surface area contributed by atoms with Crippen molar-refractivity contribution in [1.29, 1.82) is 0 Å². The number of amides is 1. The summed E-state index contributed by atoms with van der Waals surface area (Å²) in [5, 5.41) is 21.8. The number of carbonyl (C=O) groups is 1. The van der Waals surface area contributed by atoms with E-state index in [1.807, 2.05) is 17.0 Å². The van der Waals surface area contributed by atoms with Crippen molar-refractivity contribution in [2.45, 2.75) is 97.2 Å². The Bertz CT molecular complexity index is 1030. The zero-order valence-corrected chi connectivity index (χ0v) is 23.4. The maximum Gasteiger partial charge on any atom is 0.228 e. The fourth-order valence-electron chi connectivity index (χ4n) is 10.5. The SMILES string of the molecule is C[C@H](CCC(=O)N1CN(C)c2ccccc21)[C@H]1CC[C@H]2[C@@H]3[C@@H](O)C[C@@H]4C[C@H](O)CC[C@]4(C)[C@H]3CC[C@]12C. The molecule has 204 valence electrons. The van der Waals surface area contributed by atoms with E-state index in [2.05, 4.69) is 44.9 Å². The zero-order valence-electron chi connectivity index (χ0n) is 23.4. The van der Waals surface area contributed by atoms with E-state index in [1.165, 1.54) is 25.7 Å². The van der Waals surface area contributed by atoms with Gasteiger partial charge in [0, 0.05) is 13.5 Å². The van der Waals surface area contributed by atoms with Crippen LogP contribution in [-0.4, -0.2) is 42.0 Å². The number of nitrogens with zero attached hydrogens (tertiary/aromatic N) is 2. The maximum absolute atomic E-state index is 13.3. The van der Waals surface area contributed by atoms with Gasteiger partial charge in [-0.25, -0.2) is 0 Å². The van der Waals surface area contributed by atoms with Crippen LogP contribution in [0.15, 0.2) is 24.3 Å². The van der Waals surface area contributed by atoms with Gasteiger partial charge in [0.15, 0.2) is 0 Å². The predicted molar refractivity (Wildman–Crippen MR) is 148 cm³/mol. The lowest BCUT2D eigenvalue weighted by Crippen LogP contribution is -2.58. The maximum atomic E-state index is 13.3. The lowest BCUT2D eigenvalue weighted by molar-refractivity contribution is -0.174. The largest absolute Gasteiger partial charge is 0.393 e. The summed E-state index contributed by atoms with van der Waals surface area (Å²) in [5.41, 5.74) is 2.73. The van der Waals surface area contributed by atoms with Crippen LogP contribution in [0, 0.1) is 46.3 Å². The number of para-hydroxylation sites is 2. The fourth-order valence-corrected chi connectivity index (χ4v) is 10.5. The monoisotopic (exact) mass is 508 g/mol. The first-order chi connectivity index (χ1) is 17.6. The van der Waals surface area contributed by atoms with E-state index in [4.69, 9.17) is 0 Å². The molecule has 0 spiro atoms. The van der Waals surface area contributed by atoms with E-state index in [0.29, 0.717) is 48.6 Å². The van der Waals surface area contributed by atoms with E-state index >= 15 is 0 Å². The summed E-state index contributed by atoms with van der Waals surface area (Å²) in [6.07, 6.45) is 9.90. The van der Waals surface area contributed by atoms with E-state index in [9.17, 15) is 15.0 Å². The van der Waals surface area contributed by atoms with Crippen molar-refractivity contribution in [2.24, 2.45) is 46.3 Å². The van der Waals surface area contributed by atoms with Gasteiger partial charge in [-0.2, -0.15) is 0 Å². The minimum atomic E-state index is -0.221. The van der Waals surface area contributed by atoms with Gasteiger partial charge in [0.25, 0.3) is 0 Å². The van der Waals surface area contributed by atoms with Gasteiger partial charge in [-0.3, -0.25) is 9.69 Å². The fraction of sp³-hybridized carbons (Fsp3) is 0.781. The third kappa shape index (κ3) is 3.97. The number of benzene rings is 1. The molecule has 4 aliphatic carbocycles. The molecule has 2 N–H and O–H groups in total. The quantitative estimate of drug-likeness (QED) is 0.537. The van der Waals surface area contributed by atoms with Crippen LogP contribution in [0.5, 0.6) is 0 Å². The second kappa shape index (κ2) is 9.26. The Morgan fingerprint density at radius 3 is 2.49 bits per heavy atom. The van der Waals surface area contributed by atoms with Gasteiger partial charge < -0.3 is 15.1 Å². The molecule has 5 heteroatoms. The molecule has 0 unspecified atom stereocenters. The van der Waals surface area contributed by atoms with Crippen molar-refractivity contribution < 1.29 is 15.0 Å². The van der Waals surface area contributed by atoms with Gasteiger partial charge in [0.2, 0.25) is 5.91 Å². The third-order valence-corrected chi connectivity index (χ3v) is 12.5. The number of carbonyl (C=O) groups excluding carboxylic acids is 1. The van der Waals surface area contributed by atoms with Crippen LogP contribution < -0.4 is 9.80 Å². The van der Waals surface area contributed by atoms with Crippen molar-refractivity contribution in [3.05, 3.63) is 24.3 Å². The van der Waals surface area contributed by atoms with Gasteiger partial charge in [-0.15, -0.1) is 0 Å². The minimum absolute atomic E-state index is 0.176. The highest BCUT2D eigenvalue weighted by atomic mass is 16.3. The lowest BCUT2D eigenvalue weighted by Gasteiger charge is -2.62. The summed E-state index contributed by atoms with van der Waals surface area (Å²) in [4.78, 5) is 17.4. The van der Waals surface area contributed by atoms with Gasteiger partial charge in [-0.05, 0) is 116 Å². The van der Waals surface area contributed by atoms with Crippen LogP contribution in [0.1, 0.15) is 85.0 Å². The van der Waals surface area contributed by atoms with Crippen molar-refractivity contribution in [2.75, 3.05) is 23.5 Å². The average Bonchev–Trinajstić information content (AvgIpc) is 3.40. The molecule has 1 amide bonds. The van der Waals surface area contributed by atoms with Gasteiger partial charge in [-0.1, -0.05) is 32.9 Å². The predicted octanol–water partition coefficient (Wildman–Crippen LogP) is 5.83. The number of rotatable bonds is 4. The molecule has 5 aliphatic rings. The van der Waals surface area contributed by atoms with Gasteiger partial charge in [0.1, 0.15) is 0 Å². The summed E-state index contributed by atoms with van der Waals surface area (Å²) in [7, 11) is 2.06. The van der Waals surface area contributed by atoms with E-state index < -0.39 is 0 Å². The molecule has 1 aromatic rings. The molecule has 1 heterocycles. The van der Waals surface area contributed by atoms with E-state index in [-0.39, 0.29) is 28.9 Å². The normalized spacial score (nSPS) is 43.6. The smallest absolute Gasteiger partial charge is 0.228 e. The highest BCUT2D eigenvalue weighted by molar-refractivity contribution is 5.99. The Morgan fingerprint density at radius 2 is 1.70 bits per heavy atom. The highest BCUT2D eigenvalue weighted by Gasteiger charge is 2.62. The number of hydrogen-bond donors (Lipinski definition) is 2. The molecule has 5 nitrogen and oxygen atoms in total. The Hall–Kier alpha value is -1.59. The molecule has 0 aromatic heterocycles. The number of aliphatic hydroxyl groups excluding tert-OH is 2. The number of fused-ring (bicyclic) bond motifs is 6. The second-order valence-corrected chi connectivity index (χ2v) is 14.1. The summed E-state index contributed by atoms with van der Waals surface area (Å²) >= 11 is 0. The molecule has 6 rings (SSSR count). The summed E-state index contributed by atoms with van der Waals surface area (Å²) in [6.45, 7) is 8.05. The van der Waals surface area contributed by atoms with E-state index in [0.717, 1.165) is 43.5 Å². The number of aliphatic hydroxyl groups is 2. The first kappa shape index (κ1) is 25.7. The summed E-state index contributed by atoms with van der Waals surface area (Å²) in [6, 6.07) is 8.22. The average molecular weight is 509 g/mol. The van der Waals surface area contributed by atoms with Crippen molar-refractivity contribution in [3.63, 3.8) is 0 Å². The van der Waals surface area contributed by atoms with Crippen molar-refractivity contribution >= 4 is 17.3 Å². The molecular weight excluding hydrogens is 460 g/mol. The van der Waals surface area contributed by atoms with Crippen molar-refractivity contribution in [3.8, 4) is 0 Å². The molecule has 0 bridgehead atoms. The van der Waals surface area contributed by atoms with Crippen LogP contribution in [0.25, 0.3) is 0 Å². The second-order valence-electron chi connectivity index (χ2n) is 14.1. The topological polar surface area (TPSA) is 64.0 Å². The first-order valence-corrected chi connectivity index (χ1v) is 15.1. The van der Waals surface area contributed by atoms with E-state index in [1.54, 1.807) is 0 Å². The Kier molecular flexibility index (Phi) is 6.42. The van der Waals surface area contributed by atoms with Gasteiger partial charge >= 0.3 is 0 Å². The molecule has 37 heavy (non-hydrogen) atoms. The lowest BCUT2D eigenvalue weighted by atomic mass is 9.43. The molecule has 10 atom stereocenters. The Labute approximate surface area is 223 Å². The van der Waals surface area contributed by atoms with Gasteiger partial charge in [0.05, 0.1) is 30.3 Å². The summed E-state index contributed by atoms with van der Waals surface area (Å²) in [5.74, 6) is 3.45. The third-order valence-electron chi connectivity index (χ3n) is 12.5. The van der Waals surface area contributed by atoms with Crippen LogP contribution in [0.3, 0.4) is 0 Å². The van der Waals surface area contributed by atoms with Crippen LogP contribution in [0.4, 0.5) is 11.4 Å². The number of hydrogen-bond acceptors (Lipinski definition) is 4. The molecule has 4 saturated carbocycles. The summed E-state index contributed by atoms with van der Waals surface area (Å²) < 4.78 is 0. The molecule has 1 aliphatic heterocycles. The first-order valence-electron chi connectivity index (χ1n) is 15.1. The molecule has 0 radical (unpaired) electrons. The number of anilines is 2. The minimum Gasteiger partial charge on any atom is -0.393 e.